The van der Waals surface area contributed by atoms with Gasteiger partial charge in [-0.2, -0.15) is 0 Å². The molecular formula is C36H37ClN4O5. The maximum absolute atomic E-state index is 14.0. The minimum atomic E-state index is -0.910. The first kappa shape index (κ1) is 31.4. The van der Waals surface area contributed by atoms with Crippen LogP contribution in [0.3, 0.4) is 0 Å². The standard InChI is InChI=1S/C36H37ClN4O5/c1-24-9-14-32-28(21-24)31(42)23-33(46-32)34(43)38-29(22-25-10-12-26(37)13-11-25)36(45)41-19-17-39(18-20-41)30-8-4-3-7-27(30)35(44)40-15-5-2-6-16-40/h3-4,7-14,21,23,29H,2,5-6,15-20,22H2,1H3,(H,38,43)/t29-/m1/s1. The maximum Gasteiger partial charge on any atom is 0.287 e. The van der Waals surface area contributed by atoms with Crippen LogP contribution in [0.2, 0.25) is 5.02 Å². The molecule has 3 heterocycles. The van der Waals surface area contributed by atoms with Crippen molar-refractivity contribution in [1.29, 1.82) is 0 Å². The zero-order chi connectivity index (χ0) is 32.2. The van der Waals surface area contributed by atoms with E-state index in [1.807, 2.05) is 48.2 Å². The number of para-hydroxylation sites is 1. The van der Waals surface area contributed by atoms with E-state index in [1.165, 1.54) is 6.07 Å². The van der Waals surface area contributed by atoms with Crippen LogP contribution in [0.1, 0.15) is 51.3 Å². The molecule has 3 amide bonds. The second-order valence-electron chi connectivity index (χ2n) is 12.0. The molecule has 46 heavy (non-hydrogen) atoms. The Morgan fingerprint density at radius 3 is 2.30 bits per heavy atom. The van der Waals surface area contributed by atoms with Crippen LogP contribution in [0.15, 0.2) is 82.0 Å². The zero-order valence-corrected chi connectivity index (χ0v) is 26.6. The molecule has 6 rings (SSSR count). The number of anilines is 1. The van der Waals surface area contributed by atoms with Crippen molar-refractivity contribution in [3.8, 4) is 0 Å². The van der Waals surface area contributed by atoms with Gasteiger partial charge in [0.25, 0.3) is 11.8 Å². The van der Waals surface area contributed by atoms with Crippen LogP contribution in [0.4, 0.5) is 5.69 Å². The number of rotatable bonds is 7. The molecule has 1 aromatic heterocycles. The number of halogens is 1. The minimum Gasteiger partial charge on any atom is -0.451 e. The zero-order valence-electron chi connectivity index (χ0n) is 25.8. The van der Waals surface area contributed by atoms with E-state index in [1.54, 1.807) is 35.2 Å². The van der Waals surface area contributed by atoms with E-state index in [4.69, 9.17) is 16.0 Å². The smallest absolute Gasteiger partial charge is 0.287 e. The van der Waals surface area contributed by atoms with Crippen LogP contribution in [-0.2, 0) is 11.2 Å². The number of likely N-dealkylation sites (tertiary alicyclic amines) is 1. The minimum absolute atomic E-state index is 0.0509. The lowest BCUT2D eigenvalue weighted by molar-refractivity contribution is -0.133. The van der Waals surface area contributed by atoms with Crippen LogP contribution in [0.25, 0.3) is 11.0 Å². The number of nitrogens with one attached hydrogen (secondary N) is 1. The molecule has 0 bridgehead atoms. The molecule has 2 aliphatic heterocycles. The monoisotopic (exact) mass is 640 g/mol. The summed E-state index contributed by atoms with van der Waals surface area (Å²) < 4.78 is 5.80. The Balaban J connectivity index is 1.19. The van der Waals surface area contributed by atoms with Crippen LogP contribution >= 0.6 is 11.6 Å². The second kappa shape index (κ2) is 13.8. The van der Waals surface area contributed by atoms with Gasteiger partial charge in [-0.05, 0) is 68.1 Å². The van der Waals surface area contributed by atoms with Crippen molar-refractivity contribution in [2.75, 3.05) is 44.2 Å². The van der Waals surface area contributed by atoms with Crippen LogP contribution < -0.4 is 15.6 Å². The Kier molecular flexibility index (Phi) is 9.40. The van der Waals surface area contributed by atoms with Crippen molar-refractivity contribution < 1.29 is 18.8 Å². The largest absolute Gasteiger partial charge is 0.451 e. The van der Waals surface area contributed by atoms with E-state index in [0.29, 0.717) is 47.7 Å². The van der Waals surface area contributed by atoms with Gasteiger partial charge in [0.1, 0.15) is 11.6 Å². The number of benzene rings is 3. The number of nitrogens with zero attached hydrogens (tertiary/aromatic N) is 3. The van der Waals surface area contributed by atoms with Gasteiger partial charge in [-0.25, -0.2) is 0 Å². The van der Waals surface area contributed by atoms with Crippen LogP contribution in [-0.4, -0.2) is 72.8 Å². The summed E-state index contributed by atoms with van der Waals surface area (Å²) in [4.78, 5) is 59.5. The molecule has 0 spiro atoms. The van der Waals surface area contributed by atoms with Crippen LogP contribution in [0.5, 0.6) is 0 Å². The third kappa shape index (κ3) is 6.94. The molecule has 2 saturated heterocycles. The molecule has 238 valence electrons. The fraction of sp³-hybridized carbons (Fsp3) is 0.333. The molecule has 2 aliphatic rings. The van der Waals surface area contributed by atoms with Gasteiger partial charge in [-0.3, -0.25) is 19.2 Å². The number of carbonyl (C=O) groups excluding carboxylic acids is 3. The fourth-order valence-corrected chi connectivity index (χ4v) is 6.38. The molecule has 0 radical (unpaired) electrons. The first-order valence-electron chi connectivity index (χ1n) is 15.8. The summed E-state index contributed by atoms with van der Waals surface area (Å²) in [7, 11) is 0. The van der Waals surface area contributed by atoms with Gasteiger partial charge in [0.15, 0.2) is 11.2 Å². The molecule has 2 fully saturated rings. The van der Waals surface area contributed by atoms with Gasteiger partial charge in [-0.1, -0.05) is 47.5 Å². The molecule has 9 nitrogen and oxygen atoms in total. The summed E-state index contributed by atoms with van der Waals surface area (Å²) in [6.07, 6.45) is 3.42. The second-order valence-corrected chi connectivity index (χ2v) is 12.4. The number of carbonyl (C=O) groups is 3. The van der Waals surface area contributed by atoms with E-state index < -0.39 is 11.9 Å². The molecule has 0 saturated carbocycles. The van der Waals surface area contributed by atoms with Crippen molar-refractivity contribution >= 4 is 46.0 Å². The third-order valence-corrected chi connectivity index (χ3v) is 9.02. The van der Waals surface area contributed by atoms with Gasteiger partial charge in [0.05, 0.1) is 10.9 Å². The normalized spacial score (nSPS) is 15.9. The molecule has 1 N–H and O–H groups in total. The summed E-state index contributed by atoms with van der Waals surface area (Å²) >= 11 is 6.09. The Morgan fingerprint density at radius 2 is 1.57 bits per heavy atom. The van der Waals surface area contributed by atoms with E-state index in [2.05, 4.69) is 10.2 Å². The van der Waals surface area contributed by atoms with E-state index in [0.717, 1.165) is 49.2 Å². The summed E-state index contributed by atoms with van der Waals surface area (Å²) in [5, 5.41) is 3.80. The van der Waals surface area contributed by atoms with Gasteiger partial charge in [0.2, 0.25) is 5.91 Å². The lowest BCUT2D eigenvalue weighted by Gasteiger charge is -2.38. The first-order valence-corrected chi connectivity index (χ1v) is 16.2. The molecule has 1 atom stereocenters. The SMILES string of the molecule is Cc1ccc2oc(C(=O)N[C@H](Cc3ccc(Cl)cc3)C(=O)N3CCN(c4ccccc4C(=O)N4CCCCC4)CC3)cc(=O)c2c1. The number of amides is 3. The molecular weight excluding hydrogens is 604 g/mol. The Bertz CT molecular complexity index is 1810. The van der Waals surface area contributed by atoms with Gasteiger partial charge in [0, 0.05) is 62.5 Å². The average Bonchev–Trinajstić information content (AvgIpc) is 3.09. The van der Waals surface area contributed by atoms with E-state index >= 15 is 0 Å². The highest BCUT2D eigenvalue weighted by molar-refractivity contribution is 6.30. The number of piperazine rings is 1. The Morgan fingerprint density at radius 1 is 0.848 bits per heavy atom. The Hall–Kier alpha value is -4.63. The fourth-order valence-electron chi connectivity index (χ4n) is 6.25. The topological polar surface area (TPSA) is 103 Å². The maximum atomic E-state index is 14.0. The van der Waals surface area contributed by atoms with E-state index in [-0.39, 0.29) is 29.4 Å². The van der Waals surface area contributed by atoms with Crippen LogP contribution in [0, 0.1) is 6.92 Å². The highest BCUT2D eigenvalue weighted by atomic mass is 35.5. The summed E-state index contributed by atoms with van der Waals surface area (Å²) in [5.74, 6) is -0.986. The van der Waals surface area contributed by atoms with Crippen molar-refractivity contribution in [2.45, 2.75) is 38.6 Å². The van der Waals surface area contributed by atoms with Crippen molar-refractivity contribution in [3.05, 3.63) is 110 Å². The average molecular weight is 641 g/mol. The highest BCUT2D eigenvalue weighted by Crippen LogP contribution is 2.25. The molecule has 10 heteroatoms. The summed E-state index contributed by atoms with van der Waals surface area (Å²) in [5.41, 5.74) is 3.26. The predicted molar refractivity (Wildman–Crippen MR) is 179 cm³/mol. The van der Waals surface area contributed by atoms with Gasteiger partial charge >= 0.3 is 0 Å². The quantitative estimate of drug-likeness (QED) is 0.303. The summed E-state index contributed by atoms with van der Waals surface area (Å²) in [6.45, 7) is 5.34. The molecule has 4 aromatic rings. The number of fused-ring (bicyclic) bond motifs is 1. The number of aryl methyl sites for hydroxylation is 1. The number of hydrogen-bond donors (Lipinski definition) is 1. The molecule has 3 aromatic carbocycles. The molecule has 0 aliphatic carbocycles. The van der Waals surface area contributed by atoms with Crippen molar-refractivity contribution in [1.82, 2.24) is 15.1 Å². The van der Waals surface area contributed by atoms with Crippen molar-refractivity contribution in [2.24, 2.45) is 0 Å². The first-order chi connectivity index (χ1) is 22.3. The van der Waals surface area contributed by atoms with Gasteiger partial charge in [-0.15, -0.1) is 0 Å². The van der Waals surface area contributed by atoms with Gasteiger partial charge < -0.3 is 24.4 Å². The predicted octanol–water partition coefficient (Wildman–Crippen LogP) is 5.07. The van der Waals surface area contributed by atoms with E-state index in [9.17, 15) is 19.2 Å². The lowest BCUT2D eigenvalue weighted by Crippen LogP contribution is -2.56. The third-order valence-electron chi connectivity index (χ3n) is 8.77. The van der Waals surface area contributed by atoms with Crippen molar-refractivity contribution in [3.63, 3.8) is 0 Å². The highest BCUT2D eigenvalue weighted by Gasteiger charge is 2.31. The number of piperidine rings is 1. The summed E-state index contributed by atoms with van der Waals surface area (Å²) in [6, 6.07) is 20.3. The Labute approximate surface area is 272 Å². The lowest BCUT2D eigenvalue weighted by atomic mass is 10.0. The molecule has 0 unspecified atom stereocenters. The number of hydrogen-bond acceptors (Lipinski definition) is 6.